The van der Waals surface area contributed by atoms with Gasteiger partial charge in [0.2, 0.25) is 0 Å². The van der Waals surface area contributed by atoms with Crippen molar-refractivity contribution >= 4 is 63.5 Å². The Balaban J connectivity index is 1.66. The predicted octanol–water partition coefficient (Wildman–Crippen LogP) is 4.72. The van der Waals surface area contributed by atoms with Crippen LogP contribution in [-0.2, 0) is 16.2 Å². The fraction of sp³-hybridized carbons (Fsp3) is 0.0769. The van der Waals surface area contributed by atoms with Gasteiger partial charge in [0.25, 0.3) is 11.8 Å². The molecule has 2 amide bonds. The van der Waals surface area contributed by atoms with Gasteiger partial charge in [0.15, 0.2) is 16.6 Å². The van der Waals surface area contributed by atoms with Crippen LogP contribution in [-0.4, -0.2) is 24.0 Å². The van der Waals surface area contributed by atoms with Gasteiger partial charge in [0.1, 0.15) is 18.0 Å². The number of nitrogens with one attached hydrogen (secondary N) is 1. The van der Waals surface area contributed by atoms with E-state index in [1.807, 2.05) is 6.07 Å². The molecule has 0 bridgehead atoms. The summed E-state index contributed by atoms with van der Waals surface area (Å²) in [7, 11) is 1.47. The maximum atomic E-state index is 14.4. The number of para-hydroxylation sites is 1. The van der Waals surface area contributed by atoms with Gasteiger partial charge in [0.05, 0.1) is 28.0 Å². The molecule has 1 aliphatic rings. The molecule has 0 radical (unpaired) electrons. The van der Waals surface area contributed by atoms with Gasteiger partial charge in [-0.2, -0.15) is 5.26 Å². The maximum Gasteiger partial charge on any atom is 0.270 e. The molecule has 1 aliphatic heterocycles. The van der Waals surface area contributed by atoms with Crippen molar-refractivity contribution in [3.63, 3.8) is 0 Å². The lowest BCUT2D eigenvalue weighted by Crippen LogP contribution is -2.54. The highest BCUT2D eigenvalue weighted by molar-refractivity contribution is 14.1. The third-order valence-corrected chi connectivity index (χ3v) is 6.35. The number of hydrogen-bond acceptors (Lipinski definition) is 6. The summed E-state index contributed by atoms with van der Waals surface area (Å²) in [6.07, 6.45) is 1.38. The molecule has 0 saturated carbocycles. The molecule has 4 rings (SSSR count). The Morgan fingerprint density at radius 2 is 1.89 bits per heavy atom. The third-order valence-electron chi connectivity index (χ3n) is 5.27. The molecule has 1 fully saturated rings. The normalized spacial score (nSPS) is 14.4. The summed E-state index contributed by atoms with van der Waals surface area (Å²) < 4.78 is 26.5. The summed E-state index contributed by atoms with van der Waals surface area (Å²) in [5, 5.41) is 11.5. The summed E-state index contributed by atoms with van der Waals surface area (Å²) in [5.41, 5.74) is 1.43. The number of benzene rings is 3. The van der Waals surface area contributed by atoms with Crippen molar-refractivity contribution < 1.29 is 23.5 Å². The van der Waals surface area contributed by atoms with Gasteiger partial charge in [0, 0.05) is 5.56 Å². The summed E-state index contributed by atoms with van der Waals surface area (Å²) in [6, 6.07) is 18.2. The number of amides is 2. The Morgan fingerprint density at radius 3 is 2.61 bits per heavy atom. The van der Waals surface area contributed by atoms with Crippen molar-refractivity contribution in [2.75, 3.05) is 12.0 Å². The van der Waals surface area contributed by atoms with Gasteiger partial charge in [-0.25, -0.2) is 9.29 Å². The highest BCUT2D eigenvalue weighted by Gasteiger charge is 2.35. The highest BCUT2D eigenvalue weighted by atomic mass is 127. The van der Waals surface area contributed by atoms with Crippen LogP contribution in [0.1, 0.15) is 16.7 Å². The van der Waals surface area contributed by atoms with Crippen LogP contribution in [0.15, 0.2) is 66.2 Å². The van der Waals surface area contributed by atoms with E-state index in [4.69, 9.17) is 21.7 Å². The molecule has 1 saturated heterocycles. The van der Waals surface area contributed by atoms with Crippen molar-refractivity contribution in [3.8, 4) is 17.6 Å². The Labute approximate surface area is 225 Å². The monoisotopic (exact) mass is 613 g/mol. The molecule has 36 heavy (non-hydrogen) atoms. The summed E-state index contributed by atoms with van der Waals surface area (Å²) in [4.78, 5) is 26.8. The molecule has 3 aromatic rings. The van der Waals surface area contributed by atoms with E-state index >= 15 is 0 Å². The molecule has 0 aromatic heterocycles. The number of nitrogens with zero attached hydrogens (tertiary/aromatic N) is 2. The minimum atomic E-state index is -0.753. The number of carbonyl (C=O) groups is 2. The second-order valence-corrected chi connectivity index (χ2v) is 9.05. The van der Waals surface area contributed by atoms with Gasteiger partial charge in [-0.1, -0.05) is 30.3 Å². The lowest BCUT2D eigenvalue weighted by Gasteiger charge is -2.29. The van der Waals surface area contributed by atoms with Gasteiger partial charge < -0.3 is 9.47 Å². The van der Waals surface area contributed by atoms with Crippen molar-refractivity contribution in [2.24, 2.45) is 0 Å². The van der Waals surface area contributed by atoms with E-state index in [1.54, 1.807) is 36.4 Å². The molecule has 0 atom stereocenters. The van der Waals surface area contributed by atoms with Gasteiger partial charge in [-0.15, -0.1) is 0 Å². The molecular formula is C26H17FIN3O4S. The van der Waals surface area contributed by atoms with E-state index in [0.29, 0.717) is 26.2 Å². The first-order chi connectivity index (χ1) is 17.3. The topological polar surface area (TPSA) is 91.7 Å². The predicted molar refractivity (Wildman–Crippen MR) is 144 cm³/mol. The number of halogens is 2. The number of hydrogen-bond donors (Lipinski definition) is 1. The van der Waals surface area contributed by atoms with Crippen molar-refractivity contribution in [3.05, 3.63) is 92.3 Å². The second kappa shape index (κ2) is 10.8. The Bertz CT molecular complexity index is 1470. The SMILES string of the molecule is COc1cc(/C=C2\C(=O)NC(=S)N(c3ccccc3F)C2=O)cc(I)c1OCc1ccccc1C#N. The zero-order valence-corrected chi connectivity index (χ0v) is 21.7. The minimum absolute atomic E-state index is 0.0630. The maximum absolute atomic E-state index is 14.4. The van der Waals surface area contributed by atoms with Crippen LogP contribution in [0.5, 0.6) is 11.5 Å². The summed E-state index contributed by atoms with van der Waals surface area (Å²) >= 11 is 7.18. The van der Waals surface area contributed by atoms with Crippen LogP contribution >= 0.6 is 34.8 Å². The molecule has 0 unspecified atom stereocenters. The quantitative estimate of drug-likeness (QED) is 0.187. The number of nitriles is 1. The van der Waals surface area contributed by atoms with E-state index in [0.717, 1.165) is 10.5 Å². The average molecular weight is 613 g/mol. The van der Waals surface area contributed by atoms with Crippen molar-refractivity contribution in [2.45, 2.75) is 6.61 Å². The number of thiocarbonyl (C=S) groups is 1. The van der Waals surface area contributed by atoms with Gasteiger partial charge in [-0.3, -0.25) is 14.9 Å². The summed E-state index contributed by atoms with van der Waals surface area (Å²) in [5.74, 6) is -1.29. The van der Waals surface area contributed by atoms with Gasteiger partial charge >= 0.3 is 0 Å². The number of rotatable bonds is 6. The lowest BCUT2D eigenvalue weighted by atomic mass is 10.1. The van der Waals surface area contributed by atoms with Crippen LogP contribution in [0.4, 0.5) is 10.1 Å². The zero-order chi connectivity index (χ0) is 25.8. The Kier molecular flexibility index (Phi) is 7.61. The van der Waals surface area contributed by atoms with E-state index in [1.165, 1.54) is 31.4 Å². The average Bonchev–Trinajstić information content (AvgIpc) is 2.86. The lowest BCUT2D eigenvalue weighted by molar-refractivity contribution is -0.122. The molecule has 7 nitrogen and oxygen atoms in total. The standard InChI is InChI=1S/C26H17FIN3O4S/c1-34-22-12-15(11-20(28)23(22)35-14-17-7-3-2-6-16(17)13-29)10-18-24(32)30-26(36)31(25(18)33)21-9-5-4-8-19(21)27/h2-12H,14H2,1H3,(H,30,32,36)/b18-10+. The van der Waals surface area contributed by atoms with Crippen LogP contribution in [0.25, 0.3) is 6.08 Å². The molecule has 10 heteroatoms. The fourth-order valence-corrected chi connectivity index (χ4v) is 4.60. The number of ether oxygens (including phenoxy) is 2. The van der Waals surface area contributed by atoms with Crippen molar-refractivity contribution in [1.82, 2.24) is 5.32 Å². The highest BCUT2D eigenvalue weighted by Crippen LogP contribution is 2.36. The van der Waals surface area contributed by atoms with Crippen LogP contribution in [0, 0.1) is 20.7 Å². The van der Waals surface area contributed by atoms with Crippen LogP contribution < -0.4 is 19.7 Å². The first-order valence-corrected chi connectivity index (χ1v) is 12.0. The Hall–Kier alpha value is -3.82. The fourth-order valence-electron chi connectivity index (χ4n) is 3.54. The van der Waals surface area contributed by atoms with E-state index < -0.39 is 17.6 Å². The molecule has 1 N–H and O–H groups in total. The minimum Gasteiger partial charge on any atom is -0.493 e. The smallest absolute Gasteiger partial charge is 0.270 e. The van der Waals surface area contributed by atoms with E-state index in [-0.39, 0.29) is 23.0 Å². The van der Waals surface area contributed by atoms with E-state index in [9.17, 15) is 19.2 Å². The first-order valence-electron chi connectivity index (χ1n) is 10.5. The van der Waals surface area contributed by atoms with Crippen LogP contribution in [0.3, 0.4) is 0 Å². The third kappa shape index (κ3) is 5.07. The molecule has 0 spiro atoms. The Morgan fingerprint density at radius 1 is 1.17 bits per heavy atom. The summed E-state index contributed by atoms with van der Waals surface area (Å²) in [6.45, 7) is 0.145. The number of methoxy groups -OCH3 is 1. The molecule has 3 aromatic carbocycles. The van der Waals surface area contributed by atoms with Gasteiger partial charge in [-0.05, 0) is 76.8 Å². The number of anilines is 1. The first kappa shape index (κ1) is 25.3. The zero-order valence-electron chi connectivity index (χ0n) is 18.7. The second-order valence-electron chi connectivity index (χ2n) is 7.50. The largest absolute Gasteiger partial charge is 0.493 e. The van der Waals surface area contributed by atoms with Crippen molar-refractivity contribution in [1.29, 1.82) is 5.26 Å². The molecular weight excluding hydrogens is 596 g/mol. The number of carbonyl (C=O) groups excluding carboxylic acids is 2. The van der Waals surface area contributed by atoms with E-state index in [2.05, 4.69) is 34.0 Å². The molecule has 180 valence electrons. The molecule has 1 heterocycles. The molecule has 0 aliphatic carbocycles. The van der Waals surface area contributed by atoms with Crippen LogP contribution in [0.2, 0.25) is 0 Å².